The SMILES string of the molecule is CC(C)COC(=O)/C(C#N)=C1\C=C(NCCCO)CCC1. The van der Waals surface area contributed by atoms with Crippen molar-refractivity contribution in [1.82, 2.24) is 5.32 Å². The largest absolute Gasteiger partial charge is 0.461 e. The molecule has 5 nitrogen and oxygen atoms in total. The van der Waals surface area contributed by atoms with Gasteiger partial charge in [0.05, 0.1) is 6.61 Å². The van der Waals surface area contributed by atoms with Gasteiger partial charge >= 0.3 is 5.97 Å². The van der Waals surface area contributed by atoms with Crippen LogP contribution in [0.25, 0.3) is 0 Å². The predicted octanol–water partition coefficient (Wildman–Crippen LogP) is 2.05. The molecule has 0 saturated heterocycles. The van der Waals surface area contributed by atoms with E-state index in [1.165, 1.54) is 0 Å². The summed E-state index contributed by atoms with van der Waals surface area (Å²) < 4.78 is 5.14. The first kappa shape index (κ1) is 17.3. The van der Waals surface area contributed by atoms with Crippen molar-refractivity contribution in [3.8, 4) is 6.07 Å². The standard InChI is InChI=1S/C16H24N2O3/c1-12(2)11-21-16(20)15(10-17)13-5-3-6-14(9-13)18-7-4-8-19/h9,12,18-19H,3-8,11H2,1-2H3/b15-13-. The summed E-state index contributed by atoms with van der Waals surface area (Å²) in [4.78, 5) is 12.0. The van der Waals surface area contributed by atoms with Crippen LogP contribution in [0, 0.1) is 17.2 Å². The van der Waals surface area contributed by atoms with E-state index in [1.54, 1.807) is 0 Å². The van der Waals surface area contributed by atoms with Gasteiger partial charge in [0.2, 0.25) is 0 Å². The zero-order valence-corrected chi connectivity index (χ0v) is 12.8. The Balaban J connectivity index is 2.78. The highest BCUT2D eigenvalue weighted by Gasteiger charge is 2.19. The monoisotopic (exact) mass is 292 g/mol. The maximum Gasteiger partial charge on any atom is 0.349 e. The zero-order valence-electron chi connectivity index (χ0n) is 12.8. The molecule has 1 aliphatic rings. The number of rotatable bonds is 7. The fourth-order valence-corrected chi connectivity index (χ4v) is 2.05. The topological polar surface area (TPSA) is 82.4 Å². The zero-order chi connectivity index (χ0) is 15.7. The molecule has 0 aromatic carbocycles. The fraction of sp³-hybridized carbons (Fsp3) is 0.625. The van der Waals surface area contributed by atoms with Crippen LogP contribution in [0.15, 0.2) is 22.9 Å². The van der Waals surface area contributed by atoms with Crippen molar-refractivity contribution in [3.05, 3.63) is 22.9 Å². The molecule has 0 radical (unpaired) electrons. The average molecular weight is 292 g/mol. The molecule has 5 heteroatoms. The summed E-state index contributed by atoms with van der Waals surface area (Å²) in [5.41, 5.74) is 1.86. The van der Waals surface area contributed by atoms with Gasteiger partial charge in [-0.3, -0.25) is 0 Å². The number of allylic oxidation sites excluding steroid dienone is 3. The van der Waals surface area contributed by atoms with E-state index >= 15 is 0 Å². The molecule has 0 unspecified atom stereocenters. The molecular weight excluding hydrogens is 268 g/mol. The Labute approximate surface area is 126 Å². The first-order valence-electron chi connectivity index (χ1n) is 7.44. The number of nitrogens with zero attached hydrogens (tertiary/aromatic N) is 1. The third kappa shape index (κ3) is 6.01. The van der Waals surface area contributed by atoms with E-state index in [0.29, 0.717) is 26.0 Å². The lowest BCUT2D eigenvalue weighted by Gasteiger charge is -2.18. The maximum absolute atomic E-state index is 12.0. The first-order chi connectivity index (χ1) is 10.1. The highest BCUT2D eigenvalue weighted by Crippen LogP contribution is 2.24. The lowest BCUT2D eigenvalue weighted by atomic mass is 9.95. The molecule has 0 bridgehead atoms. The molecule has 2 N–H and O–H groups in total. The minimum Gasteiger partial charge on any atom is -0.461 e. The highest BCUT2D eigenvalue weighted by molar-refractivity contribution is 5.94. The highest BCUT2D eigenvalue weighted by atomic mass is 16.5. The van der Waals surface area contributed by atoms with Gasteiger partial charge in [0, 0.05) is 18.8 Å². The predicted molar refractivity (Wildman–Crippen MR) is 80.1 cm³/mol. The van der Waals surface area contributed by atoms with Crippen LogP contribution in [0.3, 0.4) is 0 Å². The summed E-state index contributed by atoms with van der Waals surface area (Å²) in [6.07, 6.45) is 5.06. The second-order valence-electron chi connectivity index (χ2n) is 5.53. The molecule has 0 aromatic heterocycles. The molecule has 21 heavy (non-hydrogen) atoms. The molecule has 1 rings (SSSR count). The Hall–Kier alpha value is -1.80. The van der Waals surface area contributed by atoms with Crippen LogP contribution in [0.2, 0.25) is 0 Å². The minimum absolute atomic E-state index is 0.108. The molecular formula is C16H24N2O3. The van der Waals surface area contributed by atoms with Gasteiger partial charge in [-0.25, -0.2) is 4.79 Å². The van der Waals surface area contributed by atoms with Gasteiger partial charge in [0.15, 0.2) is 0 Å². The first-order valence-corrected chi connectivity index (χ1v) is 7.44. The molecule has 116 valence electrons. The van der Waals surface area contributed by atoms with Crippen molar-refractivity contribution in [2.24, 2.45) is 5.92 Å². The number of aliphatic hydroxyl groups is 1. The van der Waals surface area contributed by atoms with E-state index in [4.69, 9.17) is 9.84 Å². The molecule has 0 aliphatic heterocycles. The summed E-state index contributed by atoms with van der Waals surface area (Å²) in [5, 5.41) is 21.2. The average Bonchev–Trinajstić information content (AvgIpc) is 2.47. The van der Waals surface area contributed by atoms with Crippen molar-refractivity contribution < 1.29 is 14.6 Å². The Morgan fingerprint density at radius 3 is 2.90 bits per heavy atom. The van der Waals surface area contributed by atoms with Crippen molar-refractivity contribution in [3.63, 3.8) is 0 Å². The second-order valence-corrected chi connectivity index (χ2v) is 5.53. The normalized spacial score (nSPS) is 17.0. The number of ether oxygens (including phenoxy) is 1. The molecule has 0 heterocycles. The van der Waals surface area contributed by atoms with Gasteiger partial charge in [-0.05, 0) is 43.3 Å². The van der Waals surface area contributed by atoms with Gasteiger partial charge in [0.25, 0.3) is 0 Å². The summed E-state index contributed by atoms with van der Waals surface area (Å²) in [7, 11) is 0. The molecule has 0 aromatic rings. The number of nitrogens with one attached hydrogen (secondary N) is 1. The third-order valence-electron chi connectivity index (χ3n) is 3.11. The fourth-order valence-electron chi connectivity index (χ4n) is 2.05. The van der Waals surface area contributed by atoms with Crippen molar-refractivity contribution in [2.75, 3.05) is 19.8 Å². The van der Waals surface area contributed by atoms with Crippen LogP contribution in [-0.4, -0.2) is 30.8 Å². The van der Waals surface area contributed by atoms with Crippen molar-refractivity contribution in [1.29, 1.82) is 5.26 Å². The van der Waals surface area contributed by atoms with Crippen LogP contribution in [0.1, 0.15) is 39.5 Å². The molecule has 0 amide bonds. The van der Waals surface area contributed by atoms with Gasteiger partial charge in [-0.15, -0.1) is 0 Å². The van der Waals surface area contributed by atoms with Crippen LogP contribution in [0.4, 0.5) is 0 Å². The Morgan fingerprint density at radius 1 is 1.52 bits per heavy atom. The third-order valence-corrected chi connectivity index (χ3v) is 3.11. The number of aliphatic hydroxyl groups excluding tert-OH is 1. The Morgan fingerprint density at radius 2 is 2.29 bits per heavy atom. The van der Waals surface area contributed by atoms with Gasteiger partial charge in [0.1, 0.15) is 11.6 Å². The van der Waals surface area contributed by atoms with Gasteiger partial charge < -0.3 is 15.2 Å². The molecule has 1 aliphatic carbocycles. The molecule has 0 spiro atoms. The summed E-state index contributed by atoms with van der Waals surface area (Å²) in [5.74, 6) is -0.287. The number of hydrogen-bond acceptors (Lipinski definition) is 5. The maximum atomic E-state index is 12.0. The van der Waals surface area contributed by atoms with Gasteiger partial charge in [-0.2, -0.15) is 5.26 Å². The number of esters is 1. The summed E-state index contributed by atoms with van der Waals surface area (Å²) in [6, 6.07) is 1.98. The second kappa shape index (κ2) is 9.19. The molecule has 0 atom stereocenters. The summed E-state index contributed by atoms with van der Waals surface area (Å²) >= 11 is 0. The van der Waals surface area contributed by atoms with E-state index < -0.39 is 5.97 Å². The van der Waals surface area contributed by atoms with E-state index in [0.717, 1.165) is 24.1 Å². The smallest absolute Gasteiger partial charge is 0.349 e. The lowest BCUT2D eigenvalue weighted by Crippen LogP contribution is -2.19. The van der Waals surface area contributed by atoms with Crippen molar-refractivity contribution in [2.45, 2.75) is 39.5 Å². The van der Waals surface area contributed by atoms with Crippen LogP contribution < -0.4 is 5.32 Å². The Bertz CT molecular complexity index is 459. The molecule has 0 fully saturated rings. The number of hydrogen-bond donors (Lipinski definition) is 2. The number of carbonyl (C=O) groups is 1. The van der Waals surface area contributed by atoms with E-state index in [-0.39, 0.29) is 18.1 Å². The van der Waals surface area contributed by atoms with Gasteiger partial charge in [-0.1, -0.05) is 13.8 Å². The van der Waals surface area contributed by atoms with Crippen LogP contribution in [-0.2, 0) is 9.53 Å². The van der Waals surface area contributed by atoms with E-state index in [9.17, 15) is 10.1 Å². The minimum atomic E-state index is -0.533. The Kier molecular flexibility index (Phi) is 7.55. The molecule has 0 saturated carbocycles. The quantitative estimate of drug-likeness (QED) is 0.325. The van der Waals surface area contributed by atoms with Crippen LogP contribution in [0.5, 0.6) is 0 Å². The number of nitriles is 1. The number of carbonyl (C=O) groups excluding carboxylic acids is 1. The van der Waals surface area contributed by atoms with Crippen LogP contribution >= 0.6 is 0 Å². The van der Waals surface area contributed by atoms with E-state index in [1.807, 2.05) is 26.0 Å². The summed E-state index contributed by atoms with van der Waals surface area (Å²) in [6.45, 7) is 5.07. The lowest BCUT2D eigenvalue weighted by molar-refractivity contribution is -0.139. The van der Waals surface area contributed by atoms with Crippen molar-refractivity contribution >= 4 is 5.97 Å². The van der Waals surface area contributed by atoms with E-state index in [2.05, 4.69) is 5.32 Å².